The molecule has 3 aromatic carbocycles. The van der Waals surface area contributed by atoms with Crippen LogP contribution < -0.4 is 4.74 Å². The summed E-state index contributed by atoms with van der Waals surface area (Å²) < 4.78 is 5.55. The Kier molecular flexibility index (Phi) is 6.45. The first-order chi connectivity index (χ1) is 14.7. The van der Waals surface area contributed by atoms with Crippen LogP contribution in [0.2, 0.25) is 0 Å². The summed E-state index contributed by atoms with van der Waals surface area (Å²) in [5, 5.41) is 0. The SMILES string of the molecule is COc1cccc2c1CN(CC(=O)N(Cc1ccccc1)Cc1ccccc1)CC2. The molecule has 30 heavy (non-hydrogen) atoms. The lowest BCUT2D eigenvalue weighted by Crippen LogP contribution is -2.41. The number of fused-ring (bicyclic) bond motifs is 1. The minimum Gasteiger partial charge on any atom is -0.496 e. The van der Waals surface area contributed by atoms with Crippen LogP contribution in [0, 0.1) is 0 Å². The van der Waals surface area contributed by atoms with Crippen LogP contribution in [0.3, 0.4) is 0 Å². The maximum Gasteiger partial charge on any atom is 0.237 e. The maximum atomic E-state index is 13.3. The number of hydrogen-bond donors (Lipinski definition) is 0. The Labute approximate surface area is 178 Å². The Morgan fingerprint density at radius 2 is 1.53 bits per heavy atom. The number of hydrogen-bond acceptors (Lipinski definition) is 3. The second kappa shape index (κ2) is 9.59. The van der Waals surface area contributed by atoms with Gasteiger partial charge in [-0.25, -0.2) is 0 Å². The minimum absolute atomic E-state index is 0.154. The molecule has 0 saturated heterocycles. The number of amides is 1. The molecular formula is C26H28N2O2. The van der Waals surface area contributed by atoms with E-state index in [1.165, 1.54) is 11.1 Å². The normalized spacial score (nSPS) is 13.5. The summed E-state index contributed by atoms with van der Waals surface area (Å²) in [5.41, 5.74) is 4.82. The monoisotopic (exact) mass is 400 g/mol. The lowest BCUT2D eigenvalue weighted by Gasteiger charge is -2.31. The Bertz CT molecular complexity index is 917. The van der Waals surface area contributed by atoms with Crippen LogP contribution in [0.4, 0.5) is 0 Å². The molecule has 0 spiro atoms. The summed E-state index contributed by atoms with van der Waals surface area (Å²) in [5.74, 6) is 1.07. The fraction of sp³-hybridized carbons (Fsp3) is 0.269. The van der Waals surface area contributed by atoms with Crippen molar-refractivity contribution < 1.29 is 9.53 Å². The van der Waals surface area contributed by atoms with Crippen molar-refractivity contribution in [3.05, 3.63) is 101 Å². The molecule has 1 aliphatic heterocycles. The highest BCUT2D eigenvalue weighted by atomic mass is 16.5. The van der Waals surface area contributed by atoms with Crippen molar-refractivity contribution in [1.29, 1.82) is 0 Å². The van der Waals surface area contributed by atoms with Crippen LogP contribution in [-0.4, -0.2) is 35.9 Å². The Balaban J connectivity index is 1.48. The van der Waals surface area contributed by atoms with Crippen molar-refractivity contribution in [1.82, 2.24) is 9.80 Å². The summed E-state index contributed by atoms with van der Waals surface area (Å²) in [6, 6.07) is 26.6. The molecule has 3 aromatic rings. The van der Waals surface area contributed by atoms with Gasteiger partial charge in [-0.05, 0) is 29.2 Å². The second-order valence-electron chi connectivity index (χ2n) is 7.78. The highest BCUT2D eigenvalue weighted by Crippen LogP contribution is 2.28. The van der Waals surface area contributed by atoms with Gasteiger partial charge in [-0.3, -0.25) is 9.69 Å². The van der Waals surface area contributed by atoms with Crippen molar-refractivity contribution in [3.8, 4) is 5.75 Å². The van der Waals surface area contributed by atoms with Crippen molar-refractivity contribution in [2.75, 3.05) is 20.2 Å². The van der Waals surface area contributed by atoms with E-state index in [9.17, 15) is 4.79 Å². The van der Waals surface area contributed by atoms with Gasteiger partial charge in [-0.2, -0.15) is 0 Å². The van der Waals surface area contributed by atoms with Crippen LogP contribution >= 0.6 is 0 Å². The standard InChI is InChI=1S/C26H28N2O2/c1-30-25-14-8-13-23-15-16-27(19-24(23)25)20-26(29)28(17-21-9-4-2-5-10-21)18-22-11-6-3-7-12-22/h2-14H,15-20H2,1H3. The molecule has 0 bridgehead atoms. The first kappa shape index (κ1) is 20.2. The molecule has 0 aliphatic carbocycles. The van der Waals surface area contributed by atoms with Gasteiger partial charge in [0, 0.05) is 31.7 Å². The molecule has 4 rings (SSSR count). The number of carbonyl (C=O) groups excluding carboxylic acids is 1. The molecule has 0 saturated carbocycles. The third-order valence-electron chi connectivity index (χ3n) is 5.67. The van der Waals surface area contributed by atoms with Gasteiger partial charge in [0.15, 0.2) is 0 Å². The van der Waals surface area contributed by atoms with E-state index >= 15 is 0 Å². The molecule has 0 unspecified atom stereocenters. The van der Waals surface area contributed by atoms with Crippen LogP contribution in [0.5, 0.6) is 5.75 Å². The van der Waals surface area contributed by atoms with E-state index in [4.69, 9.17) is 4.74 Å². The van der Waals surface area contributed by atoms with Crippen LogP contribution in [0.1, 0.15) is 22.3 Å². The smallest absolute Gasteiger partial charge is 0.237 e. The second-order valence-corrected chi connectivity index (χ2v) is 7.78. The van der Waals surface area contributed by atoms with Gasteiger partial charge in [-0.15, -0.1) is 0 Å². The van der Waals surface area contributed by atoms with Gasteiger partial charge < -0.3 is 9.64 Å². The highest BCUT2D eigenvalue weighted by molar-refractivity contribution is 5.78. The summed E-state index contributed by atoms with van der Waals surface area (Å²) in [6.07, 6.45) is 0.942. The molecule has 154 valence electrons. The van der Waals surface area contributed by atoms with Crippen molar-refractivity contribution in [3.63, 3.8) is 0 Å². The van der Waals surface area contributed by atoms with Crippen molar-refractivity contribution in [2.45, 2.75) is 26.1 Å². The quantitative estimate of drug-likeness (QED) is 0.593. The van der Waals surface area contributed by atoms with Crippen LogP contribution in [0.15, 0.2) is 78.9 Å². The van der Waals surface area contributed by atoms with E-state index in [-0.39, 0.29) is 5.91 Å². The third-order valence-corrected chi connectivity index (χ3v) is 5.67. The molecule has 0 N–H and O–H groups in total. The van der Waals surface area contributed by atoms with E-state index in [2.05, 4.69) is 35.2 Å². The first-order valence-electron chi connectivity index (χ1n) is 10.5. The summed E-state index contributed by atoms with van der Waals surface area (Å²) >= 11 is 0. The number of ether oxygens (including phenoxy) is 1. The van der Waals surface area contributed by atoms with E-state index in [1.54, 1.807) is 7.11 Å². The van der Waals surface area contributed by atoms with E-state index in [0.29, 0.717) is 19.6 Å². The average molecular weight is 401 g/mol. The van der Waals surface area contributed by atoms with Gasteiger partial charge in [0.2, 0.25) is 5.91 Å². The lowest BCUT2D eigenvalue weighted by molar-refractivity contribution is -0.134. The van der Waals surface area contributed by atoms with E-state index < -0.39 is 0 Å². The fourth-order valence-electron chi connectivity index (χ4n) is 4.06. The molecule has 1 aliphatic rings. The van der Waals surface area contributed by atoms with E-state index in [1.807, 2.05) is 53.4 Å². The Morgan fingerprint density at radius 3 is 2.13 bits per heavy atom. The molecule has 0 fully saturated rings. The number of nitrogens with zero attached hydrogens (tertiary/aromatic N) is 2. The summed E-state index contributed by atoms with van der Waals surface area (Å²) in [4.78, 5) is 17.5. The van der Waals surface area contributed by atoms with Crippen LogP contribution in [0.25, 0.3) is 0 Å². The molecule has 4 heteroatoms. The third kappa shape index (κ3) is 4.89. The number of carbonyl (C=O) groups is 1. The molecule has 0 atom stereocenters. The van der Waals surface area contributed by atoms with Gasteiger partial charge in [0.25, 0.3) is 0 Å². The van der Waals surface area contributed by atoms with Crippen molar-refractivity contribution in [2.24, 2.45) is 0 Å². The lowest BCUT2D eigenvalue weighted by atomic mass is 9.99. The number of benzene rings is 3. The predicted octanol–water partition coefficient (Wildman–Crippen LogP) is 4.28. The topological polar surface area (TPSA) is 32.8 Å². The Hall–Kier alpha value is -3.11. The van der Waals surface area contributed by atoms with Gasteiger partial charge >= 0.3 is 0 Å². The zero-order valence-electron chi connectivity index (χ0n) is 17.5. The molecule has 1 amide bonds. The van der Waals surface area contributed by atoms with E-state index in [0.717, 1.165) is 36.4 Å². The van der Waals surface area contributed by atoms with Crippen LogP contribution in [-0.2, 0) is 30.8 Å². The number of rotatable bonds is 7. The molecular weight excluding hydrogens is 372 g/mol. The van der Waals surface area contributed by atoms with Crippen molar-refractivity contribution >= 4 is 5.91 Å². The fourth-order valence-corrected chi connectivity index (χ4v) is 4.06. The first-order valence-corrected chi connectivity index (χ1v) is 10.5. The zero-order valence-corrected chi connectivity index (χ0v) is 17.5. The average Bonchev–Trinajstić information content (AvgIpc) is 2.79. The predicted molar refractivity (Wildman–Crippen MR) is 119 cm³/mol. The maximum absolute atomic E-state index is 13.3. The molecule has 1 heterocycles. The van der Waals surface area contributed by atoms with Gasteiger partial charge in [0.05, 0.1) is 13.7 Å². The highest BCUT2D eigenvalue weighted by Gasteiger charge is 2.23. The Morgan fingerprint density at radius 1 is 0.900 bits per heavy atom. The summed E-state index contributed by atoms with van der Waals surface area (Å²) in [6.45, 7) is 3.27. The molecule has 0 radical (unpaired) electrons. The zero-order chi connectivity index (χ0) is 20.8. The summed E-state index contributed by atoms with van der Waals surface area (Å²) in [7, 11) is 1.71. The number of methoxy groups -OCH3 is 1. The molecule has 0 aromatic heterocycles. The minimum atomic E-state index is 0.154. The molecule has 4 nitrogen and oxygen atoms in total. The van der Waals surface area contributed by atoms with Gasteiger partial charge in [0.1, 0.15) is 5.75 Å². The van der Waals surface area contributed by atoms with Gasteiger partial charge in [-0.1, -0.05) is 72.8 Å². The largest absolute Gasteiger partial charge is 0.496 e.